The molecular weight excluding hydrogens is 334 g/mol. The summed E-state index contributed by atoms with van der Waals surface area (Å²) in [5.41, 5.74) is 2.45. The average molecular weight is 356 g/mol. The van der Waals surface area contributed by atoms with Crippen molar-refractivity contribution in [2.75, 3.05) is 19.0 Å². The van der Waals surface area contributed by atoms with Gasteiger partial charge in [-0.15, -0.1) is 0 Å². The van der Waals surface area contributed by atoms with Crippen LogP contribution in [0, 0.1) is 0 Å². The minimum atomic E-state index is -0.840. The van der Waals surface area contributed by atoms with Crippen molar-refractivity contribution < 1.29 is 19.2 Å². The Bertz CT molecular complexity index is 602. The van der Waals surface area contributed by atoms with Gasteiger partial charge in [-0.05, 0) is 45.0 Å². The molecule has 0 fully saturated rings. The van der Waals surface area contributed by atoms with E-state index < -0.39 is 17.7 Å². The van der Waals surface area contributed by atoms with Crippen molar-refractivity contribution in [1.82, 2.24) is 10.4 Å². The van der Waals surface area contributed by atoms with E-state index in [2.05, 4.69) is 17.4 Å². The van der Waals surface area contributed by atoms with E-state index in [9.17, 15) is 9.59 Å². The largest absolute Gasteiger partial charge is 0.450 e. The van der Waals surface area contributed by atoms with E-state index in [1.807, 2.05) is 0 Å². The van der Waals surface area contributed by atoms with Crippen LogP contribution in [0.15, 0.2) is 36.5 Å². The van der Waals surface area contributed by atoms with Gasteiger partial charge in [0.05, 0.1) is 17.8 Å². The van der Waals surface area contributed by atoms with Crippen LogP contribution in [0.4, 0.5) is 15.3 Å². The first-order valence-corrected chi connectivity index (χ1v) is 7.65. The topological polar surface area (TPSA) is 79.9 Å². The third-order valence-corrected chi connectivity index (χ3v) is 3.73. The molecule has 132 valence electrons. The van der Waals surface area contributed by atoms with Gasteiger partial charge in [0.1, 0.15) is 0 Å². The molecule has 24 heavy (non-hydrogen) atoms. The number of anilines is 1. The van der Waals surface area contributed by atoms with E-state index in [0.29, 0.717) is 16.4 Å². The Morgan fingerprint density at radius 1 is 1.29 bits per heavy atom. The second kappa shape index (κ2) is 8.44. The van der Waals surface area contributed by atoms with E-state index in [1.165, 1.54) is 4.90 Å². The van der Waals surface area contributed by atoms with Gasteiger partial charge < -0.3 is 14.5 Å². The number of halogens is 1. The molecule has 0 atom stereocenters. The van der Waals surface area contributed by atoms with E-state index in [-0.39, 0.29) is 6.61 Å². The van der Waals surface area contributed by atoms with Crippen LogP contribution >= 0.6 is 11.6 Å². The van der Waals surface area contributed by atoms with Crippen LogP contribution in [-0.2, 0) is 9.57 Å². The highest BCUT2D eigenvalue weighted by Gasteiger charge is 2.32. The summed E-state index contributed by atoms with van der Waals surface area (Å²) in [5, 5.41) is 3.08. The minimum absolute atomic E-state index is 0.263. The van der Waals surface area contributed by atoms with Crippen molar-refractivity contribution >= 4 is 29.5 Å². The Hall–Kier alpha value is -2.41. The monoisotopic (exact) mass is 355 g/mol. The number of rotatable bonds is 6. The lowest BCUT2D eigenvalue weighted by molar-refractivity contribution is 0.0704. The molecule has 1 rings (SSSR count). The van der Waals surface area contributed by atoms with E-state index in [1.54, 1.807) is 52.1 Å². The Morgan fingerprint density at radius 3 is 2.42 bits per heavy atom. The van der Waals surface area contributed by atoms with Crippen LogP contribution in [0.5, 0.6) is 0 Å². The van der Waals surface area contributed by atoms with Gasteiger partial charge in [-0.3, -0.25) is 5.32 Å². The van der Waals surface area contributed by atoms with Crippen LogP contribution in [0.2, 0.25) is 5.02 Å². The van der Waals surface area contributed by atoms with Crippen LogP contribution in [0.3, 0.4) is 0 Å². The highest BCUT2D eigenvalue weighted by atomic mass is 35.5. The molecule has 0 spiro atoms. The van der Waals surface area contributed by atoms with Crippen LogP contribution in [0.1, 0.15) is 20.8 Å². The predicted molar refractivity (Wildman–Crippen MR) is 92.7 cm³/mol. The van der Waals surface area contributed by atoms with Crippen molar-refractivity contribution in [1.29, 1.82) is 0 Å². The molecule has 0 aliphatic carbocycles. The molecule has 0 unspecified atom stereocenters. The summed E-state index contributed by atoms with van der Waals surface area (Å²) in [6.45, 7) is 9.25. The normalized spacial score (nSPS) is 10.5. The van der Waals surface area contributed by atoms with E-state index in [0.717, 1.165) is 0 Å². The first-order chi connectivity index (χ1) is 11.2. The number of amides is 2. The number of benzene rings is 1. The van der Waals surface area contributed by atoms with Gasteiger partial charge in [-0.1, -0.05) is 18.2 Å². The van der Waals surface area contributed by atoms with Crippen molar-refractivity contribution in [2.45, 2.75) is 26.3 Å². The summed E-state index contributed by atoms with van der Waals surface area (Å²) in [6.07, 6.45) is -1.23. The molecule has 1 aromatic rings. The zero-order valence-corrected chi connectivity index (χ0v) is 14.9. The van der Waals surface area contributed by atoms with Gasteiger partial charge in [0.15, 0.2) is 0 Å². The number of nitrogens with zero attached hydrogens (tertiary/aromatic N) is 1. The summed E-state index contributed by atoms with van der Waals surface area (Å²) >= 11 is 5.77. The zero-order chi connectivity index (χ0) is 18.3. The maximum absolute atomic E-state index is 11.8. The molecular formula is C16H22ClN3O4. The Kier molecular flexibility index (Phi) is 6.91. The molecule has 2 amide bonds. The molecule has 0 bridgehead atoms. The SMILES string of the molecule is C=C(NOC(=O)Nc1ccc(Cl)cc1)C(C)(C)N(C)C(=O)OCC. The fraction of sp³-hybridized carbons (Fsp3) is 0.375. The quantitative estimate of drug-likeness (QED) is 0.759. The van der Waals surface area contributed by atoms with Crippen molar-refractivity contribution in [3.8, 4) is 0 Å². The maximum atomic E-state index is 11.8. The number of carbonyl (C=O) groups excluding carboxylic acids is 2. The first kappa shape index (κ1) is 19.6. The molecule has 0 heterocycles. The Morgan fingerprint density at radius 2 is 1.88 bits per heavy atom. The summed E-state index contributed by atoms with van der Waals surface area (Å²) in [4.78, 5) is 29.8. The highest BCUT2D eigenvalue weighted by molar-refractivity contribution is 6.30. The molecule has 0 saturated carbocycles. The standard InChI is InChI=1S/C16H22ClN3O4/c1-6-23-15(22)20(5)16(3,4)11(2)19-24-14(21)18-13-9-7-12(17)8-10-13/h7-10,19H,2,6H2,1,3-5H3,(H,18,21). The van der Waals surface area contributed by atoms with Crippen LogP contribution < -0.4 is 10.8 Å². The molecule has 7 nitrogen and oxygen atoms in total. The lowest BCUT2D eigenvalue weighted by atomic mass is 10.0. The van der Waals surface area contributed by atoms with Crippen molar-refractivity contribution in [3.63, 3.8) is 0 Å². The number of hydrogen-bond donors (Lipinski definition) is 2. The fourth-order valence-corrected chi connectivity index (χ4v) is 1.69. The summed E-state index contributed by atoms with van der Waals surface area (Å²) < 4.78 is 4.94. The predicted octanol–water partition coefficient (Wildman–Crippen LogP) is 3.77. The fourth-order valence-electron chi connectivity index (χ4n) is 1.56. The zero-order valence-electron chi connectivity index (χ0n) is 14.2. The third kappa shape index (κ3) is 5.34. The highest BCUT2D eigenvalue weighted by Crippen LogP contribution is 2.20. The Balaban J connectivity index is 2.55. The molecule has 2 N–H and O–H groups in total. The number of hydrogen-bond acceptors (Lipinski definition) is 5. The molecule has 0 aliphatic heterocycles. The molecule has 0 aromatic heterocycles. The smallest absolute Gasteiger partial charge is 0.435 e. The lowest BCUT2D eigenvalue weighted by Gasteiger charge is -2.36. The van der Waals surface area contributed by atoms with Crippen LogP contribution in [0.25, 0.3) is 0 Å². The molecule has 0 radical (unpaired) electrons. The second-order valence-corrected chi connectivity index (χ2v) is 5.86. The van der Waals surface area contributed by atoms with Gasteiger partial charge >= 0.3 is 12.2 Å². The number of ether oxygens (including phenoxy) is 1. The van der Waals surface area contributed by atoms with E-state index in [4.69, 9.17) is 21.2 Å². The van der Waals surface area contributed by atoms with Crippen LogP contribution in [-0.4, -0.2) is 36.3 Å². The van der Waals surface area contributed by atoms with Crippen molar-refractivity contribution in [3.05, 3.63) is 41.6 Å². The number of likely N-dealkylation sites (N-methyl/N-ethyl adjacent to an activating group) is 1. The minimum Gasteiger partial charge on any atom is -0.450 e. The lowest BCUT2D eigenvalue weighted by Crippen LogP contribution is -2.49. The summed E-state index contributed by atoms with van der Waals surface area (Å²) in [7, 11) is 1.57. The summed E-state index contributed by atoms with van der Waals surface area (Å²) in [5.74, 6) is 0. The molecule has 0 saturated heterocycles. The van der Waals surface area contributed by atoms with Crippen molar-refractivity contribution in [2.24, 2.45) is 0 Å². The van der Waals surface area contributed by atoms with Gasteiger partial charge in [-0.2, -0.15) is 0 Å². The molecule has 0 aliphatic rings. The molecule has 1 aromatic carbocycles. The number of hydroxylamine groups is 1. The maximum Gasteiger partial charge on any atom is 0.435 e. The summed E-state index contributed by atoms with van der Waals surface area (Å²) in [6, 6.07) is 6.55. The first-order valence-electron chi connectivity index (χ1n) is 7.27. The number of nitrogens with one attached hydrogen (secondary N) is 2. The second-order valence-electron chi connectivity index (χ2n) is 5.42. The third-order valence-electron chi connectivity index (χ3n) is 3.48. The van der Waals surface area contributed by atoms with Gasteiger partial charge in [0.2, 0.25) is 0 Å². The Labute approximate surface area is 146 Å². The molecule has 8 heteroatoms. The average Bonchev–Trinajstić information content (AvgIpc) is 2.54. The number of carbonyl (C=O) groups is 2. The van der Waals surface area contributed by atoms with Gasteiger partial charge in [0, 0.05) is 17.8 Å². The van der Waals surface area contributed by atoms with Gasteiger partial charge in [-0.25, -0.2) is 15.1 Å². The van der Waals surface area contributed by atoms with Gasteiger partial charge in [0.25, 0.3) is 0 Å². The van der Waals surface area contributed by atoms with E-state index >= 15 is 0 Å².